The summed E-state index contributed by atoms with van der Waals surface area (Å²) in [5.74, 6) is -0.807. The molecule has 1 heterocycles. The summed E-state index contributed by atoms with van der Waals surface area (Å²) in [7, 11) is -4.35. The number of sulfonamides is 1. The SMILES string of the molecule is CCCCNC(=O)[C@@H](C)N(Cc1ccccc1C)C(=O)CN(c1ccc(F)cc1)S(=O)(=O)c1ccc2c(c1)OCCO2. The van der Waals surface area contributed by atoms with E-state index < -0.39 is 34.3 Å². The van der Waals surface area contributed by atoms with E-state index >= 15 is 0 Å². The first-order chi connectivity index (χ1) is 20.1. The smallest absolute Gasteiger partial charge is 0.264 e. The fraction of sp³-hybridized carbons (Fsp3) is 0.355. The van der Waals surface area contributed by atoms with Crippen molar-refractivity contribution in [1.82, 2.24) is 10.2 Å². The maximum absolute atomic E-state index is 14.0. The van der Waals surface area contributed by atoms with E-state index in [1.165, 1.54) is 35.2 Å². The molecular weight excluding hydrogens is 561 g/mol. The number of nitrogens with one attached hydrogen (secondary N) is 1. The molecule has 1 N–H and O–H groups in total. The number of rotatable bonds is 12. The lowest BCUT2D eigenvalue weighted by Crippen LogP contribution is -2.51. The van der Waals surface area contributed by atoms with Crippen molar-refractivity contribution >= 4 is 27.5 Å². The number of hydrogen-bond donors (Lipinski definition) is 1. The van der Waals surface area contributed by atoms with Gasteiger partial charge in [-0.15, -0.1) is 0 Å². The van der Waals surface area contributed by atoms with Gasteiger partial charge in [0.25, 0.3) is 10.0 Å². The van der Waals surface area contributed by atoms with Gasteiger partial charge in [0.1, 0.15) is 31.6 Å². The molecule has 0 spiro atoms. The van der Waals surface area contributed by atoms with Gasteiger partial charge in [-0.25, -0.2) is 12.8 Å². The summed E-state index contributed by atoms with van der Waals surface area (Å²) in [6, 6.07) is 15.7. The van der Waals surface area contributed by atoms with Gasteiger partial charge in [-0.1, -0.05) is 37.6 Å². The molecule has 0 saturated carbocycles. The van der Waals surface area contributed by atoms with Gasteiger partial charge in [-0.3, -0.25) is 13.9 Å². The van der Waals surface area contributed by atoms with Crippen LogP contribution in [-0.2, 0) is 26.2 Å². The van der Waals surface area contributed by atoms with Crippen LogP contribution in [0.2, 0.25) is 0 Å². The molecule has 3 aromatic carbocycles. The third-order valence-corrected chi connectivity index (χ3v) is 8.86. The highest BCUT2D eigenvalue weighted by Crippen LogP contribution is 2.34. The highest BCUT2D eigenvalue weighted by molar-refractivity contribution is 7.92. The van der Waals surface area contributed by atoms with Crippen LogP contribution < -0.4 is 19.1 Å². The summed E-state index contributed by atoms with van der Waals surface area (Å²) >= 11 is 0. The van der Waals surface area contributed by atoms with Gasteiger partial charge < -0.3 is 19.7 Å². The Morgan fingerprint density at radius 1 is 1.00 bits per heavy atom. The number of carbonyl (C=O) groups is 2. The zero-order valence-corrected chi connectivity index (χ0v) is 24.8. The van der Waals surface area contributed by atoms with Gasteiger partial charge in [0, 0.05) is 19.2 Å². The van der Waals surface area contributed by atoms with Gasteiger partial charge in [-0.05, 0) is 67.8 Å². The lowest BCUT2D eigenvalue weighted by atomic mass is 10.1. The Morgan fingerprint density at radius 3 is 2.38 bits per heavy atom. The van der Waals surface area contributed by atoms with Crippen molar-refractivity contribution in [3.63, 3.8) is 0 Å². The minimum absolute atomic E-state index is 0.0925. The third-order valence-electron chi connectivity index (χ3n) is 7.09. The van der Waals surface area contributed by atoms with Crippen LogP contribution in [-0.4, -0.2) is 57.5 Å². The number of carbonyl (C=O) groups excluding carboxylic acids is 2. The molecular formula is C31H36FN3O6S. The van der Waals surface area contributed by atoms with Crippen molar-refractivity contribution in [2.75, 3.05) is 30.6 Å². The Labute approximate surface area is 246 Å². The number of nitrogens with zero attached hydrogens (tertiary/aromatic N) is 2. The summed E-state index contributed by atoms with van der Waals surface area (Å²) in [6.45, 7) is 6.08. The Hall–Kier alpha value is -4.12. The molecule has 0 aromatic heterocycles. The van der Waals surface area contributed by atoms with Crippen LogP contribution in [0.1, 0.15) is 37.8 Å². The standard InChI is InChI=1S/C31H36FN3O6S/c1-4-5-16-33-31(37)23(3)34(20-24-9-7-6-8-22(24)2)30(36)21-35(26-12-10-25(32)11-13-26)42(38,39)27-14-15-28-29(19-27)41-18-17-40-28/h6-15,19,23H,4-5,16-18,20-21H2,1-3H3,(H,33,37)/t23-/m1/s1. The Bertz CT molecular complexity index is 1510. The van der Waals surface area contributed by atoms with Crippen LogP contribution in [0.4, 0.5) is 10.1 Å². The first kappa shape index (κ1) is 30.8. The fourth-order valence-corrected chi connectivity index (χ4v) is 5.97. The minimum atomic E-state index is -4.35. The molecule has 42 heavy (non-hydrogen) atoms. The number of halogens is 1. The normalized spacial score (nSPS) is 13.2. The van der Waals surface area contributed by atoms with E-state index in [2.05, 4.69) is 5.32 Å². The van der Waals surface area contributed by atoms with Gasteiger partial charge in [0.15, 0.2) is 11.5 Å². The highest BCUT2D eigenvalue weighted by atomic mass is 32.2. The summed E-state index contributed by atoms with van der Waals surface area (Å²) in [6.07, 6.45) is 1.68. The molecule has 3 aromatic rings. The molecule has 9 nitrogen and oxygen atoms in total. The first-order valence-electron chi connectivity index (χ1n) is 13.9. The molecule has 224 valence electrons. The maximum Gasteiger partial charge on any atom is 0.264 e. The number of unbranched alkanes of at least 4 members (excludes halogenated alkanes) is 1. The Morgan fingerprint density at radius 2 is 1.69 bits per heavy atom. The van der Waals surface area contributed by atoms with Crippen molar-refractivity contribution in [3.8, 4) is 11.5 Å². The van der Waals surface area contributed by atoms with E-state index in [0.717, 1.165) is 40.4 Å². The number of fused-ring (bicyclic) bond motifs is 1. The molecule has 0 bridgehead atoms. The predicted molar refractivity (Wildman–Crippen MR) is 157 cm³/mol. The van der Waals surface area contributed by atoms with Crippen LogP contribution in [0.15, 0.2) is 71.6 Å². The summed E-state index contributed by atoms with van der Waals surface area (Å²) < 4.78 is 53.9. The average Bonchev–Trinajstić information content (AvgIpc) is 2.99. The quantitative estimate of drug-likeness (QED) is 0.310. The zero-order valence-electron chi connectivity index (χ0n) is 24.0. The monoisotopic (exact) mass is 597 g/mol. The average molecular weight is 598 g/mol. The second kappa shape index (κ2) is 13.7. The molecule has 0 aliphatic carbocycles. The molecule has 0 fully saturated rings. The highest BCUT2D eigenvalue weighted by Gasteiger charge is 2.33. The topological polar surface area (TPSA) is 105 Å². The van der Waals surface area contributed by atoms with Crippen LogP contribution in [0, 0.1) is 12.7 Å². The molecule has 1 aliphatic rings. The minimum Gasteiger partial charge on any atom is -0.486 e. The number of anilines is 1. The van der Waals surface area contributed by atoms with Crippen molar-refractivity contribution < 1.29 is 31.9 Å². The van der Waals surface area contributed by atoms with Crippen LogP contribution in [0.3, 0.4) is 0 Å². The van der Waals surface area contributed by atoms with Crippen LogP contribution in [0.5, 0.6) is 11.5 Å². The van der Waals surface area contributed by atoms with E-state index in [4.69, 9.17) is 9.47 Å². The zero-order chi connectivity index (χ0) is 30.3. The number of hydrogen-bond acceptors (Lipinski definition) is 6. The van der Waals surface area contributed by atoms with E-state index in [9.17, 15) is 22.4 Å². The van der Waals surface area contributed by atoms with Gasteiger partial charge in [-0.2, -0.15) is 0 Å². The molecule has 2 amide bonds. The van der Waals surface area contributed by atoms with Crippen molar-refractivity contribution in [3.05, 3.63) is 83.7 Å². The van der Waals surface area contributed by atoms with E-state index in [1.807, 2.05) is 38.1 Å². The number of amides is 2. The van der Waals surface area contributed by atoms with Crippen molar-refractivity contribution in [1.29, 1.82) is 0 Å². The number of benzene rings is 3. The van der Waals surface area contributed by atoms with Crippen molar-refractivity contribution in [2.24, 2.45) is 0 Å². The van der Waals surface area contributed by atoms with Crippen LogP contribution >= 0.6 is 0 Å². The fourth-order valence-electron chi connectivity index (χ4n) is 4.54. The molecule has 1 aliphatic heterocycles. The third kappa shape index (κ3) is 7.20. The summed E-state index contributed by atoms with van der Waals surface area (Å²) in [4.78, 5) is 28.3. The lowest BCUT2D eigenvalue weighted by Gasteiger charge is -2.32. The number of ether oxygens (including phenoxy) is 2. The summed E-state index contributed by atoms with van der Waals surface area (Å²) in [5.41, 5.74) is 1.84. The largest absolute Gasteiger partial charge is 0.486 e. The van der Waals surface area contributed by atoms with Gasteiger partial charge >= 0.3 is 0 Å². The van der Waals surface area contributed by atoms with Crippen LogP contribution in [0.25, 0.3) is 0 Å². The van der Waals surface area contributed by atoms with Gasteiger partial charge in [0.05, 0.1) is 10.6 Å². The molecule has 1 atom stereocenters. The van der Waals surface area contributed by atoms with Gasteiger partial charge in [0.2, 0.25) is 11.8 Å². The first-order valence-corrected chi connectivity index (χ1v) is 15.4. The van der Waals surface area contributed by atoms with Crippen molar-refractivity contribution in [2.45, 2.75) is 51.1 Å². The molecule has 4 rings (SSSR count). The molecule has 0 saturated heterocycles. The second-order valence-electron chi connectivity index (χ2n) is 10.1. The summed E-state index contributed by atoms with van der Waals surface area (Å²) in [5, 5.41) is 2.86. The van der Waals surface area contributed by atoms with E-state index in [1.54, 1.807) is 6.92 Å². The second-order valence-corrected chi connectivity index (χ2v) is 11.9. The molecule has 11 heteroatoms. The predicted octanol–water partition coefficient (Wildman–Crippen LogP) is 4.43. The van der Waals surface area contributed by atoms with E-state index in [-0.39, 0.29) is 35.4 Å². The maximum atomic E-state index is 14.0. The van der Waals surface area contributed by atoms with E-state index in [0.29, 0.717) is 18.9 Å². The lowest BCUT2D eigenvalue weighted by molar-refractivity contribution is -0.139. The Balaban J connectivity index is 1.70. The molecule has 0 unspecified atom stereocenters. The Kier molecular flexibility index (Phi) is 10.1. The number of aryl methyl sites for hydroxylation is 1. The molecule has 0 radical (unpaired) electrons.